The average molecular weight is 382 g/mol. The van der Waals surface area contributed by atoms with Crippen molar-refractivity contribution in [3.63, 3.8) is 0 Å². The molecule has 0 bridgehead atoms. The van der Waals surface area contributed by atoms with Crippen LogP contribution in [-0.4, -0.2) is 30.3 Å². The predicted molar refractivity (Wildman–Crippen MR) is 108 cm³/mol. The molecule has 2 heterocycles. The molecule has 2 aromatic carbocycles. The van der Waals surface area contributed by atoms with Crippen LogP contribution in [0, 0.1) is 5.82 Å². The Morgan fingerprint density at radius 1 is 1.21 bits per heavy atom. The molecule has 1 aliphatic heterocycles. The van der Waals surface area contributed by atoms with E-state index in [1.54, 1.807) is 13.2 Å². The highest BCUT2D eigenvalue weighted by Gasteiger charge is 2.30. The van der Waals surface area contributed by atoms with Gasteiger partial charge in [-0.15, -0.1) is 0 Å². The van der Waals surface area contributed by atoms with E-state index in [1.807, 2.05) is 12.1 Å². The van der Waals surface area contributed by atoms with Crippen LogP contribution < -0.4 is 4.74 Å². The molecule has 4 rings (SSSR count). The molecule has 1 unspecified atom stereocenters. The SMILES string of the molecule is CCCC(c1ccccc1OC)N1CCC(c2noc3cc(F)ccc23)CC1. The van der Waals surface area contributed by atoms with Crippen molar-refractivity contribution in [3.05, 3.63) is 59.5 Å². The highest BCUT2D eigenvalue weighted by atomic mass is 19.1. The number of ether oxygens (including phenoxy) is 1. The summed E-state index contributed by atoms with van der Waals surface area (Å²) in [5.41, 5.74) is 2.78. The number of methoxy groups -OCH3 is 1. The minimum absolute atomic E-state index is 0.288. The topological polar surface area (TPSA) is 38.5 Å². The largest absolute Gasteiger partial charge is 0.496 e. The highest BCUT2D eigenvalue weighted by molar-refractivity contribution is 5.79. The summed E-state index contributed by atoms with van der Waals surface area (Å²) in [6.07, 6.45) is 4.28. The van der Waals surface area contributed by atoms with Crippen molar-refractivity contribution in [2.45, 2.75) is 44.6 Å². The predicted octanol–water partition coefficient (Wildman–Crippen LogP) is 5.70. The monoisotopic (exact) mass is 382 g/mol. The fourth-order valence-electron chi connectivity index (χ4n) is 4.46. The first-order valence-corrected chi connectivity index (χ1v) is 10.1. The van der Waals surface area contributed by atoms with E-state index in [-0.39, 0.29) is 5.82 Å². The standard InChI is InChI=1S/C23H27FN2O2/c1-3-6-20(18-7-4-5-8-21(18)27-2)26-13-11-16(12-14-26)23-19-10-9-17(24)15-22(19)28-25-23/h4-5,7-10,15-16,20H,3,6,11-14H2,1-2H3. The zero-order valence-corrected chi connectivity index (χ0v) is 16.5. The number of likely N-dealkylation sites (tertiary alicyclic amines) is 1. The molecule has 1 saturated heterocycles. The maximum absolute atomic E-state index is 13.4. The van der Waals surface area contributed by atoms with Crippen LogP contribution in [0.15, 0.2) is 47.0 Å². The first-order chi connectivity index (χ1) is 13.7. The van der Waals surface area contributed by atoms with E-state index in [1.165, 1.54) is 17.7 Å². The second kappa shape index (κ2) is 8.31. The van der Waals surface area contributed by atoms with E-state index in [9.17, 15) is 4.39 Å². The lowest BCUT2D eigenvalue weighted by Gasteiger charge is -2.38. The second-order valence-corrected chi connectivity index (χ2v) is 7.56. The molecule has 4 nitrogen and oxygen atoms in total. The van der Waals surface area contributed by atoms with Crippen molar-refractivity contribution in [3.8, 4) is 5.75 Å². The minimum Gasteiger partial charge on any atom is -0.496 e. The van der Waals surface area contributed by atoms with Gasteiger partial charge in [0.1, 0.15) is 11.6 Å². The molecule has 0 saturated carbocycles. The molecule has 0 amide bonds. The van der Waals surface area contributed by atoms with Crippen molar-refractivity contribution in [2.75, 3.05) is 20.2 Å². The fraction of sp³-hybridized carbons (Fsp3) is 0.435. The van der Waals surface area contributed by atoms with Gasteiger partial charge < -0.3 is 9.26 Å². The summed E-state index contributed by atoms with van der Waals surface area (Å²) in [7, 11) is 1.74. The summed E-state index contributed by atoms with van der Waals surface area (Å²) in [5, 5.41) is 5.21. The Bertz CT molecular complexity index is 931. The van der Waals surface area contributed by atoms with Crippen LogP contribution in [0.2, 0.25) is 0 Å². The lowest BCUT2D eigenvalue weighted by atomic mass is 9.89. The number of hydrogen-bond donors (Lipinski definition) is 0. The van der Waals surface area contributed by atoms with Gasteiger partial charge in [0.05, 0.1) is 12.8 Å². The smallest absolute Gasteiger partial charge is 0.170 e. The van der Waals surface area contributed by atoms with Crippen molar-refractivity contribution in [1.29, 1.82) is 0 Å². The molecule has 3 aromatic rings. The highest BCUT2D eigenvalue weighted by Crippen LogP contribution is 2.38. The third-order valence-corrected chi connectivity index (χ3v) is 5.88. The molecule has 0 radical (unpaired) electrons. The molecule has 5 heteroatoms. The van der Waals surface area contributed by atoms with E-state index < -0.39 is 0 Å². The lowest BCUT2D eigenvalue weighted by molar-refractivity contribution is 0.140. The molecule has 1 aromatic heterocycles. The van der Waals surface area contributed by atoms with Crippen LogP contribution in [0.4, 0.5) is 4.39 Å². The Balaban J connectivity index is 1.51. The van der Waals surface area contributed by atoms with E-state index in [0.29, 0.717) is 17.5 Å². The maximum atomic E-state index is 13.4. The van der Waals surface area contributed by atoms with Gasteiger partial charge in [0.2, 0.25) is 0 Å². The van der Waals surface area contributed by atoms with Crippen LogP contribution in [0.25, 0.3) is 11.0 Å². The fourth-order valence-corrected chi connectivity index (χ4v) is 4.46. The van der Waals surface area contributed by atoms with Crippen molar-refractivity contribution >= 4 is 11.0 Å². The Kier molecular flexibility index (Phi) is 5.62. The lowest BCUT2D eigenvalue weighted by Crippen LogP contribution is -2.36. The Labute approximate surface area is 165 Å². The number of aromatic nitrogens is 1. The van der Waals surface area contributed by atoms with Crippen LogP contribution in [0.5, 0.6) is 5.75 Å². The molecule has 0 N–H and O–H groups in total. The number of hydrogen-bond acceptors (Lipinski definition) is 4. The normalized spacial score (nSPS) is 17.1. The van der Waals surface area contributed by atoms with E-state index in [4.69, 9.17) is 9.26 Å². The number of halogens is 1. The molecule has 1 atom stereocenters. The van der Waals surface area contributed by atoms with Gasteiger partial charge in [-0.05, 0) is 50.6 Å². The van der Waals surface area contributed by atoms with Crippen molar-refractivity contribution in [1.82, 2.24) is 10.1 Å². The quantitative estimate of drug-likeness (QED) is 0.548. The van der Waals surface area contributed by atoms with Crippen molar-refractivity contribution in [2.24, 2.45) is 0 Å². The minimum atomic E-state index is -0.288. The zero-order valence-electron chi connectivity index (χ0n) is 16.5. The van der Waals surface area contributed by atoms with Gasteiger partial charge in [0.15, 0.2) is 5.58 Å². The third-order valence-electron chi connectivity index (χ3n) is 5.88. The molecule has 1 fully saturated rings. The Morgan fingerprint density at radius 2 is 2.00 bits per heavy atom. The van der Waals surface area contributed by atoms with Gasteiger partial charge >= 0.3 is 0 Å². The Hall–Kier alpha value is -2.40. The first kappa shape index (κ1) is 18.9. The summed E-state index contributed by atoms with van der Waals surface area (Å²) >= 11 is 0. The van der Waals surface area contributed by atoms with Gasteiger partial charge in [0, 0.05) is 29.0 Å². The van der Waals surface area contributed by atoms with E-state index >= 15 is 0 Å². The van der Waals surface area contributed by atoms with Crippen LogP contribution >= 0.6 is 0 Å². The van der Waals surface area contributed by atoms with Crippen LogP contribution in [0.1, 0.15) is 55.8 Å². The van der Waals surface area contributed by atoms with Gasteiger partial charge in [-0.1, -0.05) is 36.7 Å². The van der Waals surface area contributed by atoms with Gasteiger partial charge in [0.25, 0.3) is 0 Å². The maximum Gasteiger partial charge on any atom is 0.170 e. The summed E-state index contributed by atoms with van der Waals surface area (Å²) in [6.45, 7) is 4.24. The van der Waals surface area contributed by atoms with Crippen LogP contribution in [-0.2, 0) is 0 Å². The number of fused-ring (bicyclic) bond motifs is 1. The molecule has 28 heavy (non-hydrogen) atoms. The van der Waals surface area contributed by atoms with Gasteiger partial charge in [-0.25, -0.2) is 4.39 Å². The van der Waals surface area contributed by atoms with E-state index in [0.717, 1.165) is 55.6 Å². The summed E-state index contributed by atoms with van der Waals surface area (Å²) in [4.78, 5) is 2.57. The average Bonchev–Trinajstić information content (AvgIpc) is 3.15. The second-order valence-electron chi connectivity index (χ2n) is 7.56. The number of piperidine rings is 1. The molecule has 1 aliphatic rings. The van der Waals surface area contributed by atoms with Crippen molar-refractivity contribution < 1.29 is 13.7 Å². The third kappa shape index (κ3) is 3.63. The molecule has 148 valence electrons. The first-order valence-electron chi connectivity index (χ1n) is 10.1. The number of para-hydroxylation sites is 1. The number of rotatable bonds is 6. The number of benzene rings is 2. The molecule has 0 spiro atoms. The summed E-state index contributed by atoms with van der Waals surface area (Å²) in [6, 6.07) is 13.4. The Morgan fingerprint density at radius 3 is 2.75 bits per heavy atom. The summed E-state index contributed by atoms with van der Waals surface area (Å²) in [5.74, 6) is 1.03. The van der Waals surface area contributed by atoms with Crippen LogP contribution in [0.3, 0.4) is 0 Å². The number of nitrogens with zero attached hydrogens (tertiary/aromatic N) is 2. The van der Waals surface area contributed by atoms with Gasteiger partial charge in [-0.2, -0.15) is 0 Å². The summed E-state index contributed by atoms with van der Waals surface area (Å²) < 4.78 is 24.4. The molecular weight excluding hydrogens is 355 g/mol. The zero-order chi connectivity index (χ0) is 19.5. The molecular formula is C23H27FN2O2. The molecule has 0 aliphatic carbocycles. The van der Waals surface area contributed by atoms with E-state index in [2.05, 4.69) is 29.1 Å². The van der Waals surface area contributed by atoms with Gasteiger partial charge in [-0.3, -0.25) is 4.90 Å².